The molecule has 2 aromatic carbocycles. The largest absolute Gasteiger partial charge is 0.488 e. The van der Waals surface area contributed by atoms with Gasteiger partial charge in [0.05, 0.1) is 18.0 Å². The second-order valence-electron chi connectivity index (χ2n) is 12.3. The van der Waals surface area contributed by atoms with Crippen LogP contribution in [0, 0.1) is 19.7 Å². The maximum absolute atomic E-state index is 15.8. The highest BCUT2D eigenvalue weighted by molar-refractivity contribution is 7.15. The lowest BCUT2D eigenvalue weighted by Gasteiger charge is -2.34. The molecular formula is C35H32F5N3O5S. The second-order valence-corrected chi connectivity index (χ2v) is 13.6. The second kappa shape index (κ2) is 13.4. The van der Waals surface area contributed by atoms with Crippen molar-refractivity contribution in [3.63, 3.8) is 0 Å². The number of aromatic nitrogens is 1. The summed E-state index contributed by atoms with van der Waals surface area (Å²) in [7, 11) is 0. The number of likely N-dealkylation sites (tertiary alicyclic amines) is 1. The van der Waals surface area contributed by atoms with E-state index >= 15 is 4.39 Å². The molecular weight excluding hydrogens is 669 g/mol. The van der Waals surface area contributed by atoms with Crippen molar-refractivity contribution in [2.45, 2.75) is 57.7 Å². The summed E-state index contributed by atoms with van der Waals surface area (Å²) >= 11 is 1.36. The number of nitrogens with one attached hydrogen (secondary N) is 1. The number of halogens is 5. The van der Waals surface area contributed by atoms with Gasteiger partial charge in [-0.1, -0.05) is 18.2 Å². The molecule has 2 aromatic heterocycles. The van der Waals surface area contributed by atoms with Crippen molar-refractivity contribution in [1.29, 1.82) is 0 Å². The van der Waals surface area contributed by atoms with Crippen LogP contribution in [0.5, 0.6) is 5.75 Å². The molecule has 1 saturated heterocycles. The summed E-state index contributed by atoms with van der Waals surface area (Å²) in [6.45, 7) is 3.76. The molecule has 49 heavy (non-hydrogen) atoms. The minimum absolute atomic E-state index is 0.0567. The van der Waals surface area contributed by atoms with E-state index in [1.807, 2.05) is 19.1 Å². The van der Waals surface area contributed by atoms with Crippen molar-refractivity contribution in [1.82, 2.24) is 14.8 Å². The van der Waals surface area contributed by atoms with Gasteiger partial charge in [-0.05, 0) is 66.8 Å². The predicted octanol–water partition coefficient (Wildman–Crippen LogP) is 6.36. The number of thiophene rings is 1. The van der Waals surface area contributed by atoms with Gasteiger partial charge in [0, 0.05) is 52.8 Å². The van der Waals surface area contributed by atoms with Crippen molar-refractivity contribution in [3.8, 4) is 16.2 Å². The van der Waals surface area contributed by atoms with E-state index in [9.17, 15) is 37.1 Å². The number of nitrogens with zero attached hydrogens (tertiary/aromatic N) is 2. The Hall–Kier alpha value is -4.56. The molecule has 258 valence electrons. The average Bonchev–Trinajstić information content (AvgIpc) is 3.39. The van der Waals surface area contributed by atoms with E-state index in [0.717, 1.165) is 32.8 Å². The molecule has 2 aliphatic heterocycles. The summed E-state index contributed by atoms with van der Waals surface area (Å²) < 4.78 is 78.6. The fourth-order valence-corrected chi connectivity index (χ4v) is 7.60. The van der Waals surface area contributed by atoms with Gasteiger partial charge in [-0.3, -0.25) is 23.9 Å². The number of rotatable bonds is 6. The molecule has 4 bridgehead atoms. The Morgan fingerprint density at radius 2 is 1.84 bits per heavy atom. The molecule has 1 fully saturated rings. The summed E-state index contributed by atoms with van der Waals surface area (Å²) in [6.07, 6.45) is -5.91. The van der Waals surface area contributed by atoms with Gasteiger partial charge in [0.2, 0.25) is 5.91 Å². The minimum Gasteiger partial charge on any atom is -0.488 e. The first kappa shape index (κ1) is 34.3. The van der Waals surface area contributed by atoms with E-state index in [0.29, 0.717) is 27.8 Å². The summed E-state index contributed by atoms with van der Waals surface area (Å²) in [5, 5.41) is 12.5. The van der Waals surface area contributed by atoms with Crippen molar-refractivity contribution >= 4 is 23.2 Å². The molecule has 2 aliphatic rings. The Labute approximate surface area is 281 Å². The molecule has 2 atom stereocenters. The standard InChI is InChI=1S/C35H32F5N3O5S/c1-18-4-3-5-28-32(18)29-11-23(19(2)49-29)27(13-31(45)46)41-34(47)33(24-10-20(17-48-28)6-7-26(24)37)43-14-21(8-9-42-15-22(36)16-42)25(12-30(43)44)35(38,39)40/h3-7,10-12,14,22,27,33H,8-9,13,15-17H2,1-2H3,(H,41,47)(H,45,46)/t27-,33+/m1/s1. The number of carboxylic acids is 1. The van der Waals surface area contributed by atoms with Crippen molar-refractivity contribution < 1.29 is 41.4 Å². The molecule has 2 N–H and O–H groups in total. The van der Waals surface area contributed by atoms with Gasteiger partial charge in [-0.15, -0.1) is 11.3 Å². The van der Waals surface area contributed by atoms with Gasteiger partial charge in [-0.25, -0.2) is 8.78 Å². The van der Waals surface area contributed by atoms with Gasteiger partial charge < -0.3 is 15.2 Å². The third-order valence-corrected chi connectivity index (χ3v) is 9.95. The summed E-state index contributed by atoms with van der Waals surface area (Å²) in [4.78, 5) is 42.9. The van der Waals surface area contributed by atoms with Crippen LogP contribution in [0.4, 0.5) is 22.0 Å². The number of hydrogen-bond donors (Lipinski definition) is 2. The number of amides is 1. The lowest BCUT2D eigenvalue weighted by Crippen LogP contribution is -2.49. The Morgan fingerprint density at radius 1 is 1.08 bits per heavy atom. The summed E-state index contributed by atoms with van der Waals surface area (Å²) in [5.74, 6) is -2.66. The predicted molar refractivity (Wildman–Crippen MR) is 172 cm³/mol. The zero-order chi connectivity index (χ0) is 35.2. The molecule has 8 nitrogen and oxygen atoms in total. The van der Waals surface area contributed by atoms with E-state index in [1.54, 1.807) is 24.0 Å². The lowest BCUT2D eigenvalue weighted by molar-refractivity contribution is -0.139. The van der Waals surface area contributed by atoms with E-state index in [1.165, 1.54) is 23.5 Å². The van der Waals surface area contributed by atoms with Crippen molar-refractivity contribution in [2.75, 3.05) is 19.6 Å². The number of aliphatic carboxylic acids is 1. The molecule has 4 heterocycles. The normalized spacial score (nSPS) is 18.6. The molecule has 1 amide bonds. The molecule has 0 radical (unpaired) electrons. The number of alkyl halides is 4. The van der Waals surface area contributed by atoms with Crippen molar-refractivity contribution in [3.05, 3.63) is 109 Å². The Bertz CT molecular complexity index is 1980. The Morgan fingerprint density at radius 3 is 2.53 bits per heavy atom. The Kier molecular flexibility index (Phi) is 9.38. The third kappa shape index (κ3) is 7.11. The van der Waals surface area contributed by atoms with Crippen LogP contribution in [0.15, 0.2) is 59.5 Å². The number of carbonyl (C=O) groups is 2. The SMILES string of the molecule is Cc1cccc2c1-c1cc(c(C)s1)[C@@H](CC(=O)O)NC(=O)[C@@H](n1cc(CCN3CC(F)C3)c(C(F)(F)F)cc1=O)c1cc(ccc1F)CO2. The smallest absolute Gasteiger partial charge is 0.416 e. The number of fused-ring (bicyclic) bond motifs is 6. The number of aryl methyl sites for hydroxylation is 2. The third-order valence-electron chi connectivity index (χ3n) is 8.86. The van der Waals surface area contributed by atoms with Gasteiger partial charge in [-0.2, -0.15) is 13.2 Å². The summed E-state index contributed by atoms with van der Waals surface area (Å²) in [5.41, 5.74) is -0.579. The number of carboxylic acid groups (broad SMARTS) is 1. The molecule has 0 spiro atoms. The van der Waals surface area contributed by atoms with Crippen LogP contribution in [-0.4, -0.2) is 52.3 Å². The fourth-order valence-electron chi connectivity index (χ4n) is 6.40. The highest BCUT2D eigenvalue weighted by Gasteiger charge is 2.37. The Balaban J connectivity index is 1.52. The number of hydrogen-bond acceptors (Lipinski definition) is 6. The van der Waals surface area contributed by atoms with Gasteiger partial charge in [0.25, 0.3) is 5.56 Å². The molecule has 0 aliphatic carbocycles. The number of ether oxygens (including phenoxy) is 1. The van der Waals surface area contributed by atoms with E-state index < -0.39 is 59.7 Å². The quantitative estimate of drug-likeness (QED) is 0.227. The summed E-state index contributed by atoms with van der Waals surface area (Å²) in [6, 6.07) is 8.44. The van der Waals surface area contributed by atoms with E-state index in [4.69, 9.17) is 4.74 Å². The van der Waals surface area contributed by atoms with Crippen LogP contribution < -0.4 is 15.6 Å². The molecule has 0 saturated carbocycles. The van der Waals surface area contributed by atoms with Gasteiger partial charge >= 0.3 is 12.1 Å². The van der Waals surface area contributed by atoms with Crippen LogP contribution >= 0.6 is 11.3 Å². The number of carbonyl (C=O) groups excluding carboxylic acids is 1. The monoisotopic (exact) mass is 701 g/mol. The van der Waals surface area contributed by atoms with Crippen LogP contribution in [0.2, 0.25) is 0 Å². The molecule has 6 rings (SSSR count). The number of benzene rings is 2. The van der Waals surface area contributed by atoms with E-state index in [2.05, 4.69) is 5.32 Å². The topological polar surface area (TPSA) is 101 Å². The maximum Gasteiger partial charge on any atom is 0.416 e. The zero-order valence-electron chi connectivity index (χ0n) is 26.4. The highest BCUT2D eigenvalue weighted by Crippen LogP contribution is 2.42. The average molecular weight is 702 g/mol. The van der Waals surface area contributed by atoms with Crippen LogP contribution in [-0.2, 0) is 28.8 Å². The van der Waals surface area contributed by atoms with Crippen LogP contribution in [0.1, 0.15) is 56.8 Å². The fraction of sp³-hybridized carbons (Fsp3) is 0.343. The highest BCUT2D eigenvalue weighted by atomic mass is 32.1. The number of pyridine rings is 1. The first-order valence-corrected chi connectivity index (χ1v) is 16.3. The van der Waals surface area contributed by atoms with Gasteiger partial charge in [0.1, 0.15) is 30.4 Å². The minimum atomic E-state index is -4.92. The molecule has 4 aromatic rings. The lowest BCUT2D eigenvalue weighted by atomic mass is 9.97. The molecule has 14 heteroatoms. The van der Waals surface area contributed by atoms with Crippen molar-refractivity contribution in [2.24, 2.45) is 0 Å². The zero-order valence-corrected chi connectivity index (χ0v) is 27.3. The van der Waals surface area contributed by atoms with E-state index in [-0.39, 0.29) is 43.8 Å². The van der Waals surface area contributed by atoms with Gasteiger partial charge in [0.15, 0.2) is 0 Å². The molecule has 0 unspecified atom stereocenters. The maximum atomic E-state index is 15.8. The first-order valence-electron chi connectivity index (χ1n) is 15.5. The first-order chi connectivity index (χ1) is 23.2. The van der Waals surface area contributed by atoms with Crippen LogP contribution in [0.25, 0.3) is 10.4 Å². The van der Waals surface area contributed by atoms with Crippen LogP contribution in [0.3, 0.4) is 0 Å².